The standard InChI is InChI=1S/C31H30N2O3/c34-29(35)14-8-7-13-24-19-27-20-25(15-16-28(27)32-30(24)23-11-5-2-6-12-23)31(36)33-18-17-26(21-33)22-9-3-1-4-10-22/h1-6,9-12,15-16,19-20,26H,7-8,13-14,17-18,21H2,(H,34,35). The predicted molar refractivity (Wildman–Crippen MR) is 142 cm³/mol. The summed E-state index contributed by atoms with van der Waals surface area (Å²) in [5, 5.41) is 9.93. The van der Waals surface area contributed by atoms with E-state index >= 15 is 0 Å². The number of carbonyl (C=O) groups excluding carboxylic acids is 1. The summed E-state index contributed by atoms with van der Waals surface area (Å²) in [6.07, 6.45) is 3.28. The maximum absolute atomic E-state index is 13.4. The SMILES string of the molecule is O=C(O)CCCCc1cc2cc(C(=O)N3CCC(c4ccccc4)C3)ccc2nc1-c1ccccc1. The monoisotopic (exact) mass is 478 g/mol. The van der Waals surface area contributed by atoms with E-state index in [1.165, 1.54) is 5.56 Å². The van der Waals surface area contributed by atoms with Gasteiger partial charge < -0.3 is 10.0 Å². The van der Waals surface area contributed by atoms with Gasteiger partial charge in [-0.3, -0.25) is 9.59 Å². The molecule has 5 rings (SSSR count). The van der Waals surface area contributed by atoms with Crippen molar-refractivity contribution in [2.75, 3.05) is 13.1 Å². The molecule has 2 heterocycles. The van der Waals surface area contributed by atoms with Crippen LogP contribution in [0.25, 0.3) is 22.2 Å². The van der Waals surface area contributed by atoms with Crippen molar-refractivity contribution >= 4 is 22.8 Å². The molecule has 1 N–H and O–H groups in total. The second-order valence-corrected chi connectivity index (χ2v) is 9.52. The van der Waals surface area contributed by atoms with Crippen molar-refractivity contribution in [1.29, 1.82) is 0 Å². The molecule has 1 aliphatic heterocycles. The van der Waals surface area contributed by atoms with Gasteiger partial charge in [0.05, 0.1) is 11.2 Å². The van der Waals surface area contributed by atoms with Gasteiger partial charge in [0.2, 0.25) is 0 Å². The van der Waals surface area contributed by atoms with Crippen molar-refractivity contribution in [2.45, 2.75) is 38.0 Å². The van der Waals surface area contributed by atoms with Crippen LogP contribution in [0.15, 0.2) is 84.9 Å². The summed E-state index contributed by atoms with van der Waals surface area (Å²) in [5.41, 5.74) is 5.86. The lowest BCUT2D eigenvalue weighted by atomic mass is 9.98. The summed E-state index contributed by atoms with van der Waals surface area (Å²) < 4.78 is 0. The van der Waals surface area contributed by atoms with Crippen LogP contribution in [-0.4, -0.2) is 40.0 Å². The maximum Gasteiger partial charge on any atom is 0.303 e. The number of aliphatic carboxylic acids is 1. The van der Waals surface area contributed by atoms with Gasteiger partial charge in [0, 0.05) is 41.9 Å². The van der Waals surface area contributed by atoms with E-state index in [1.54, 1.807) is 0 Å². The molecule has 1 saturated heterocycles. The van der Waals surface area contributed by atoms with Crippen LogP contribution >= 0.6 is 0 Å². The number of rotatable bonds is 8. The highest BCUT2D eigenvalue weighted by atomic mass is 16.4. The van der Waals surface area contributed by atoms with Gasteiger partial charge in [0.1, 0.15) is 0 Å². The first-order valence-electron chi connectivity index (χ1n) is 12.6. The average molecular weight is 479 g/mol. The summed E-state index contributed by atoms with van der Waals surface area (Å²) in [7, 11) is 0. The Hall–Kier alpha value is -3.99. The highest BCUT2D eigenvalue weighted by Crippen LogP contribution is 2.30. The number of aryl methyl sites for hydroxylation is 1. The third kappa shape index (κ3) is 5.30. The third-order valence-corrected chi connectivity index (χ3v) is 7.02. The predicted octanol–water partition coefficient (Wildman–Crippen LogP) is 6.33. The Morgan fingerprint density at radius 1 is 0.917 bits per heavy atom. The van der Waals surface area contributed by atoms with E-state index in [1.807, 2.05) is 59.5 Å². The number of hydrogen-bond donors (Lipinski definition) is 1. The molecule has 182 valence electrons. The first-order valence-corrected chi connectivity index (χ1v) is 12.6. The van der Waals surface area contributed by atoms with Crippen molar-refractivity contribution in [3.63, 3.8) is 0 Å². The molecule has 5 heteroatoms. The molecular formula is C31H30N2O3. The lowest BCUT2D eigenvalue weighted by Crippen LogP contribution is -2.28. The lowest BCUT2D eigenvalue weighted by molar-refractivity contribution is -0.137. The molecule has 0 aliphatic carbocycles. The second kappa shape index (κ2) is 10.7. The number of unbranched alkanes of at least 4 members (excludes halogenated alkanes) is 1. The van der Waals surface area contributed by atoms with Crippen LogP contribution in [0.2, 0.25) is 0 Å². The Morgan fingerprint density at radius 3 is 2.42 bits per heavy atom. The van der Waals surface area contributed by atoms with Crippen LogP contribution in [0.4, 0.5) is 0 Å². The molecule has 5 nitrogen and oxygen atoms in total. The molecule has 0 spiro atoms. The van der Waals surface area contributed by atoms with Gasteiger partial charge in [0.25, 0.3) is 5.91 Å². The summed E-state index contributed by atoms with van der Waals surface area (Å²) in [6, 6.07) is 28.4. The molecule has 36 heavy (non-hydrogen) atoms. The number of hydrogen-bond acceptors (Lipinski definition) is 3. The Morgan fingerprint density at radius 2 is 1.67 bits per heavy atom. The molecule has 1 aromatic heterocycles. The molecule has 1 fully saturated rings. The minimum absolute atomic E-state index is 0.0606. The topological polar surface area (TPSA) is 70.5 Å². The number of pyridine rings is 1. The van der Waals surface area contributed by atoms with Crippen LogP contribution in [0.3, 0.4) is 0 Å². The number of carboxylic acid groups (broad SMARTS) is 1. The van der Waals surface area contributed by atoms with Gasteiger partial charge in [0.15, 0.2) is 0 Å². The highest BCUT2D eigenvalue weighted by Gasteiger charge is 2.28. The van der Waals surface area contributed by atoms with Crippen LogP contribution in [0.5, 0.6) is 0 Å². The number of aromatic nitrogens is 1. The minimum Gasteiger partial charge on any atom is -0.481 e. The molecule has 1 atom stereocenters. The summed E-state index contributed by atoms with van der Waals surface area (Å²) in [4.78, 5) is 31.2. The molecule has 4 aromatic rings. The van der Waals surface area contributed by atoms with Gasteiger partial charge >= 0.3 is 5.97 Å². The second-order valence-electron chi connectivity index (χ2n) is 9.52. The van der Waals surface area contributed by atoms with E-state index < -0.39 is 5.97 Å². The van der Waals surface area contributed by atoms with Crippen LogP contribution in [0.1, 0.15) is 53.1 Å². The van der Waals surface area contributed by atoms with E-state index in [-0.39, 0.29) is 12.3 Å². The largest absolute Gasteiger partial charge is 0.481 e. The molecule has 0 saturated carbocycles. The van der Waals surface area contributed by atoms with Gasteiger partial charge in [-0.25, -0.2) is 4.98 Å². The normalized spacial score (nSPS) is 15.3. The smallest absolute Gasteiger partial charge is 0.303 e. The van der Waals surface area contributed by atoms with Crippen molar-refractivity contribution in [3.05, 3.63) is 102 Å². The fourth-order valence-corrected chi connectivity index (χ4v) is 5.11. The van der Waals surface area contributed by atoms with Crippen molar-refractivity contribution in [1.82, 2.24) is 9.88 Å². The third-order valence-electron chi connectivity index (χ3n) is 7.02. The number of nitrogens with zero attached hydrogens (tertiary/aromatic N) is 2. The maximum atomic E-state index is 13.4. The molecule has 1 aliphatic rings. The highest BCUT2D eigenvalue weighted by molar-refractivity contribution is 5.98. The Labute approximate surface area is 211 Å². The van der Waals surface area contributed by atoms with Crippen molar-refractivity contribution in [2.24, 2.45) is 0 Å². The number of carboxylic acids is 1. The number of amides is 1. The van der Waals surface area contributed by atoms with Crippen LogP contribution in [0, 0.1) is 0 Å². The fraction of sp³-hybridized carbons (Fsp3) is 0.258. The Balaban J connectivity index is 1.40. The summed E-state index contributed by atoms with van der Waals surface area (Å²) in [5.74, 6) is -0.330. The molecule has 0 bridgehead atoms. The van der Waals surface area contributed by atoms with Crippen LogP contribution < -0.4 is 0 Å². The molecule has 3 aromatic carbocycles. The lowest BCUT2D eigenvalue weighted by Gasteiger charge is -2.17. The van der Waals surface area contributed by atoms with E-state index in [0.29, 0.717) is 17.9 Å². The van der Waals surface area contributed by atoms with E-state index in [0.717, 1.165) is 60.1 Å². The van der Waals surface area contributed by atoms with Crippen molar-refractivity contribution < 1.29 is 14.7 Å². The van der Waals surface area contributed by atoms with Gasteiger partial charge in [-0.05, 0) is 61.1 Å². The van der Waals surface area contributed by atoms with Crippen molar-refractivity contribution in [3.8, 4) is 11.3 Å². The first kappa shape index (κ1) is 23.7. The van der Waals surface area contributed by atoms with Gasteiger partial charge in [-0.1, -0.05) is 60.7 Å². The van der Waals surface area contributed by atoms with Crippen LogP contribution in [-0.2, 0) is 11.2 Å². The Kier molecular flexibility index (Phi) is 7.08. The van der Waals surface area contributed by atoms with E-state index in [4.69, 9.17) is 10.1 Å². The molecular weight excluding hydrogens is 448 g/mol. The zero-order valence-electron chi connectivity index (χ0n) is 20.3. The summed E-state index contributed by atoms with van der Waals surface area (Å²) in [6.45, 7) is 1.50. The van der Waals surface area contributed by atoms with E-state index in [2.05, 4.69) is 30.3 Å². The van der Waals surface area contributed by atoms with E-state index in [9.17, 15) is 9.59 Å². The fourth-order valence-electron chi connectivity index (χ4n) is 5.11. The Bertz CT molecular complexity index is 1370. The number of fused-ring (bicyclic) bond motifs is 1. The molecule has 0 radical (unpaired) electrons. The van der Waals surface area contributed by atoms with Gasteiger partial charge in [-0.2, -0.15) is 0 Å². The number of likely N-dealkylation sites (tertiary alicyclic amines) is 1. The number of carbonyl (C=O) groups is 2. The average Bonchev–Trinajstić information content (AvgIpc) is 3.41. The zero-order chi connectivity index (χ0) is 24.9. The quantitative estimate of drug-likeness (QED) is 0.301. The van der Waals surface area contributed by atoms with Gasteiger partial charge in [-0.15, -0.1) is 0 Å². The number of benzene rings is 3. The zero-order valence-corrected chi connectivity index (χ0v) is 20.3. The minimum atomic E-state index is -0.769. The molecule has 1 amide bonds. The summed E-state index contributed by atoms with van der Waals surface area (Å²) >= 11 is 0. The molecule has 1 unspecified atom stereocenters. The first-order chi connectivity index (χ1) is 17.6.